The Balaban J connectivity index is 0.000000181. The van der Waals surface area contributed by atoms with Crippen molar-refractivity contribution >= 4 is 79.9 Å². The first-order chi connectivity index (χ1) is 28.7. The molecule has 6 N–H and O–H groups in total. The molecule has 0 atom stereocenters. The van der Waals surface area contributed by atoms with Gasteiger partial charge in [0.05, 0.1) is 27.6 Å². The Bertz CT molecular complexity index is 2800. The summed E-state index contributed by atoms with van der Waals surface area (Å²) in [6.07, 6.45) is -3.13. The van der Waals surface area contributed by atoms with Gasteiger partial charge in [-0.3, -0.25) is 9.13 Å². The molecule has 4 aromatic heterocycles. The van der Waals surface area contributed by atoms with E-state index < -0.39 is 18.4 Å². The van der Waals surface area contributed by atoms with Crippen LogP contribution in [-0.2, 0) is 19.0 Å². The number of nitrogens with two attached hydrogens (primary N) is 2. The smallest absolute Gasteiger partial charge is 0.416 e. The Labute approximate surface area is 348 Å². The molecular weight excluding hydrogens is 830 g/mol. The molecule has 0 unspecified atom stereocenters. The fraction of sp³-hybridized carbons (Fsp3) is 0.150. The predicted molar refractivity (Wildman–Crippen MR) is 222 cm³/mol. The molecule has 4 heterocycles. The van der Waals surface area contributed by atoms with Crippen molar-refractivity contribution in [3.8, 4) is 17.6 Å². The Hall–Kier alpha value is -6.79. The predicted octanol–water partition coefficient (Wildman–Crippen LogP) is 10.3. The van der Waals surface area contributed by atoms with Crippen LogP contribution in [0.3, 0.4) is 0 Å². The third-order valence-electron chi connectivity index (χ3n) is 8.84. The van der Waals surface area contributed by atoms with Gasteiger partial charge in [-0.1, -0.05) is 61.3 Å². The van der Waals surface area contributed by atoms with E-state index in [1.807, 2.05) is 66.9 Å². The Kier molecular flexibility index (Phi) is 11.9. The molecular formula is C40H33Cl2F5N12O. The number of hydrogen-bond acceptors (Lipinski definition) is 11. The van der Waals surface area contributed by atoms with Crippen LogP contribution in [0, 0.1) is 0 Å². The maximum absolute atomic E-state index is 12.8. The molecule has 4 aromatic carbocycles. The highest BCUT2D eigenvalue weighted by atomic mass is 35.5. The molecule has 0 saturated heterocycles. The van der Waals surface area contributed by atoms with Crippen molar-refractivity contribution in [3.05, 3.63) is 124 Å². The van der Waals surface area contributed by atoms with Crippen LogP contribution < -0.4 is 26.8 Å². The Morgan fingerprint density at radius 3 is 1.43 bits per heavy atom. The maximum atomic E-state index is 12.8. The second-order valence-corrected chi connectivity index (χ2v) is 13.5. The van der Waals surface area contributed by atoms with Gasteiger partial charge < -0.3 is 26.8 Å². The molecule has 0 saturated carbocycles. The summed E-state index contributed by atoms with van der Waals surface area (Å²) in [5.74, 6) is 2.73. The van der Waals surface area contributed by atoms with E-state index in [-0.39, 0.29) is 45.0 Å². The van der Waals surface area contributed by atoms with Gasteiger partial charge in [-0.05, 0) is 72.8 Å². The van der Waals surface area contributed by atoms with Crippen LogP contribution in [0.4, 0.5) is 56.6 Å². The summed E-state index contributed by atoms with van der Waals surface area (Å²) < 4.78 is 71.0. The van der Waals surface area contributed by atoms with Crippen molar-refractivity contribution in [2.75, 3.05) is 22.1 Å². The van der Waals surface area contributed by atoms with E-state index in [4.69, 9.17) is 34.7 Å². The molecule has 0 radical (unpaired) electrons. The molecule has 8 rings (SSSR count). The van der Waals surface area contributed by atoms with E-state index in [1.165, 1.54) is 24.3 Å². The Morgan fingerprint density at radius 1 is 0.617 bits per heavy atom. The minimum atomic E-state index is -4.41. The van der Waals surface area contributed by atoms with Crippen molar-refractivity contribution in [3.63, 3.8) is 0 Å². The zero-order valence-corrected chi connectivity index (χ0v) is 33.0. The zero-order valence-electron chi connectivity index (χ0n) is 31.5. The summed E-state index contributed by atoms with van der Waals surface area (Å²) in [7, 11) is 0. The molecule has 0 bridgehead atoms. The molecule has 8 aromatic rings. The highest BCUT2D eigenvalue weighted by molar-refractivity contribution is 6.35. The van der Waals surface area contributed by atoms with Crippen molar-refractivity contribution < 1.29 is 26.7 Å². The number of imidazole rings is 2. The number of anilines is 6. The second-order valence-electron chi connectivity index (χ2n) is 12.8. The van der Waals surface area contributed by atoms with E-state index in [2.05, 4.69) is 45.3 Å². The lowest BCUT2D eigenvalue weighted by atomic mass is 10.2. The molecule has 308 valence electrons. The van der Waals surface area contributed by atoms with E-state index in [0.717, 1.165) is 45.8 Å². The van der Waals surface area contributed by atoms with E-state index in [9.17, 15) is 22.0 Å². The number of nitrogens with one attached hydrogen (secondary N) is 2. The number of hydrogen-bond donors (Lipinski definition) is 4. The van der Waals surface area contributed by atoms with Gasteiger partial charge in [-0.15, -0.1) is 0 Å². The number of para-hydroxylation sites is 4. The monoisotopic (exact) mass is 862 g/mol. The number of nitrogen functional groups attached to an aromatic ring is 2. The number of rotatable bonds is 10. The molecule has 0 fully saturated rings. The van der Waals surface area contributed by atoms with Crippen LogP contribution in [-0.4, -0.2) is 45.6 Å². The van der Waals surface area contributed by atoms with Gasteiger partial charge in [0.2, 0.25) is 11.9 Å². The number of nitrogens with zero attached hydrogens (tertiary/aromatic N) is 8. The van der Waals surface area contributed by atoms with Crippen LogP contribution in [0.2, 0.25) is 10.0 Å². The number of halogens is 7. The van der Waals surface area contributed by atoms with Crippen LogP contribution >= 0.6 is 23.2 Å². The number of alkyl halides is 5. The number of benzene rings is 4. The molecule has 0 spiro atoms. The first kappa shape index (κ1) is 41.4. The van der Waals surface area contributed by atoms with Gasteiger partial charge in [-0.2, -0.15) is 41.9 Å². The molecule has 0 aliphatic rings. The van der Waals surface area contributed by atoms with Crippen LogP contribution in [0.25, 0.3) is 34.0 Å². The molecule has 0 aliphatic heterocycles. The topological polar surface area (TPSA) is 173 Å². The second kappa shape index (κ2) is 17.2. The van der Waals surface area contributed by atoms with Gasteiger partial charge >= 0.3 is 12.8 Å². The molecule has 0 amide bonds. The standard InChI is InChI=1S/C20H16ClF3N6.C20H17ClF2N6O/c1-2-15-27-13-5-3-4-6-14(13)30(15)19-28-17(25)16(21)18(29-19)26-12-9-7-11(8-10-12)20(22,23)24;1-2-15-26-13-5-3-4-6-14(13)29(15)20-27-17(24)16(21)18(28-20)25-11-7-9-12(10-8-11)30-19(22)23/h3-10H,2H2,1H3,(H3,25,26,28,29);3-10,19H,2H2,1H3,(H3,24,25,27,28). The lowest BCUT2D eigenvalue weighted by Crippen LogP contribution is -2.10. The highest BCUT2D eigenvalue weighted by Gasteiger charge is 2.30. The summed E-state index contributed by atoms with van der Waals surface area (Å²) in [6.45, 7) is 1.05. The van der Waals surface area contributed by atoms with E-state index >= 15 is 0 Å². The maximum Gasteiger partial charge on any atom is 0.416 e. The largest absolute Gasteiger partial charge is 0.435 e. The fourth-order valence-electron chi connectivity index (χ4n) is 6.08. The highest BCUT2D eigenvalue weighted by Crippen LogP contribution is 2.34. The molecule has 13 nitrogen and oxygen atoms in total. The van der Waals surface area contributed by atoms with Crippen LogP contribution in [0.1, 0.15) is 31.1 Å². The summed E-state index contributed by atoms with van der Waals surface area (Å²) in [5.41, 5.74) is 15.5. The number of fused-ring (bicyclic) bond motifs is 2. The minimum absolute atomic E-state index is 0.0379. The number of ether oxygens (including phenoxy) is 1. The van der Waals surface area contributed by atoms with Crippen molar-refractivity contribution in [2.45, 2.75) is 39.5 Å². The first-order valence-corrected chi connectivity index (χ1v) is 18.8. The molecule has 20 heteroatoms. The number of aromatic nitrogens is 8. The zero-order chi connectivity index (χ0) is 42.7. The van der Waals surface area contributed by atoms with Gasteiger partial charge in [0.15, 0.2) is 11.6 Å². The lowest BCUT2D eigenvalue weighted by molar-refractivity contribution is -0.137. The van der Waals surface area contributed by atoms with E-state index in [1.54, 1.807) is 16.7 Å². The quantitative estimate of drug-likeness (QED) is 0.0964. The minimum Gasteiger partial charge on any atom is -0.435 e. The normalized spacial score (nSPS) is 11.5. The fourth-order valence-corrected chi connectivity index (χ4v) is 6.34. The SMILES string of the molecule is CCc1nc2ccccc2n1-c1nc(N)c(Cl)c(Nc2ccc(C(F)(F)F)cc2)n1.CCc1nc2ccccc2n1-c1nc(N)c(Cl)c(Nc2ccc(OC(F)F)cc2)n1. The van der Waals surface area contributed by atoms with Crippen LogP contribution in [0.5, 0.6) is 5.75 Å². The van der Waals surface area contributed by atoms with Crippen LogP contribution in [0.15, 0.2) is 97.1 Å². The van der Waals surface area contributed by atoms with Gasteiger partial charge in [-0.25, -0.2) is 9.97 Å². The van der Waals surface area contributed by atoms with Gasteiger partial charge in [0.1, 0.15) is 39.1 Å². The average Bonchev–Trinajstić information content (AvgIpc) is 3.80. The molecule has 60 heavy (non-hydrogen) atoms. The summed E-state index contributed by atoms with van der Waals surface area (Å²) >= 11 is 12.6. The van der Waals surface area contributed by atoms with Gasteiger partial charge in [0, 0.05) is 24.2 Å². The average molecular weight is 864 g/mol. The third kappa shape index (κ3) is 8.79. The van der Waals surface area contributed by atoms with Gasteiger partial charge in [0.25, 0.3) is 0 Å². The number of aryl methyl sites for hydroxylation is 2. The Morgan fingerprint density at radius 2 is 1.03 bits per heavy atom. The van der Waals surface area contributed by atoms with Crippen molar-refractivity contribution in [2.24, 2.45) is 0 Å². The first-order valence-electron chi connectivity index (χ1n) is 18.1. The summed E-state index contributed by atoms with van der Waals surface area (Å²) in [4.78, 5) is 26.8. The summed E-state index contributed by atoms with van der Waals surface area (Å²) in [6, 6.07) is 25.6. The van der Waals surface area contributed by atoms with Crippen molar-refractivity contribution in [1.29, 1.82) is 0 Å². The van der Waals surface area contributed by atoms with E-state index in [0.29, 0.717) is 30.2 Å². The molecule has 0 aliphatic carbocycles. The third-order valence-corrected chi connectivity index (χ3v) is 9.59. The lowest BCUT2D eigenvalue weighted by Gasteiger charge is -2.13. The summed E-state index contributed by atoms with van der Waals surface area (Å²) in [5, 5.41) is 6.17. The van der Waals surface area contributed by atoms with Crippen molar-refractivity contribution in [1.82, 2.24) is 39.0 Å².